The van der Waals surface area contributed by atoms with Crippen LogP contribution >= 0.6 is 15.9 Å². The van der Waals surface area contributed by atoms with Crippen molar-refractivity contribution in [1.82, 2.24) is 5.32 Å². The number of hydrogen-bond acceptors (Lipinski definition) is 3. The summed E-state index contributed by atoms with van der Waals surface area (Å²) in [5.74, 6) is 0.753. The normalized spacial score (nSPS) is 19.2. The molecule has 0 saturated carbocycles. The van der Waals surface area contributed by atoms with Crippen LogP contribution in [0.3, 0.4) is 0 Å². The molecule has 104 valence electrons. The Bertz CT molecular complexity index is 464. The van der Waals surface area contributed by atoms with Gasteiger partial charge in [0.05, 0.1) is 12.6 Å². The van der Waals surface area contributed by atoms with Gasteiger partial charge in [-0.15, -0.1) is 0 Å². The van der Waals surface area contributed by atoms with Gasteiger partial charge in [0.15, 0.2) is 0 Å². The first-order valence-corrected chi connectivity index (χ1v) is 7.25. The molecule has 19 heavy (non-hydrogen) atoms. The zero-order valence-corrected chi connectivity index (χ0v) is 12.7. The van der Waals surface area contributed by atoms with Crippen molar-refractivity contribution < 1.29 is 14.3 Å². The molecule has 1 N–H and O–H groups in total. The van der Waals surface area contributed by atoms with Crippen molar-refractivity contribution in [3.8, 4) is 5.75 Å². The van der Waals surface area contributed by atoms with Crippen LogP contribution in [0.1, 0.15) is 31.9 Å². The van der Waals surface area contributed by atoms with E-state index in [-0.39, 0.29) is 11.9 Å². The van der Waals surface area contributed by atoms with Gasteiger partial charge in [0, 0.05) is 23.1 Å². The smallest absolute Gasteiger partial charge is 0.249 e. The number of benzene rings is 1. The lowest BCUT2D eigenvalue weighted by Crippen LogP contribution is -2.38. The fourth-order valence-corrected chi connectivity index (χ4v) is 2.51. The minimum absolute atomic E-state index is 0.0170. The standard InChI is InChI=1S/C14H18BrNO3/c1-3-18-9(2)14(17)16-12-6-7-19-13-5-4-10(15)8-11(12)13/h4-5,8-9,12H,3,6-7H2,1-2H3,(H,16,17)/t9-,12-/m0/s1. The minimum Gasteiger partial charge on any atom is -0.493 e. The van der Waals surface area contributed by atoms with Crippen LogP contribution < -0.4 is 10.1 Å². The zero-order valence-electron chi connectivity index (χ0n) is 11.1. The predicted octanol–water partition coefficient (Wildman–Crippen LogP) is 2.81. The summed E-state index contributed by atoms with van der Waals surface area (Å²) in [6.07, 6.45) is 0.345. The van der Waals surface area contributed by atoms with Gasteiger partial charge in [0.25, 0.3) is 0 Å². The molecule has 0 saturated heterocycles. The molecule has 0 unspecified atom stereocenters. The highest BCUT2D eigenvalue weighted by atomic mass is 79.9. The summed E-state index contributed by atoms with van der Waals surface area (Å²) < 4.78 is 11.9. The number of hydrogen-bond donors (Lipinski definition) is 1. The van der Waals surface area contributed by atoms with Gasteiger partial charge in [-0.1, -0.05) is 15.9 Å². The molecule has 0 bridgehead atoms. The molecule has 1 aromatic rings. The first-order chi connectivity index (χ1) is 9.11. The molecule has 2 atom stereocenters. The summed E-state index contributed by atoms with van der Waals surface area (Å²) >= 11 is 3.44. The van der Waals surface area contributed by atoms with Crippen LogP contribution in [0.15, 0.2) is 22.7 Å². The fraction of sp³-hybridized carbons (Fsp3) is 0.500. The highest BCUT2D eigenvalue weighted by Gasteiger charge is 2.25. The lowest BCUT2D eigenvalue weighted by atomic mass is 10.0. The lowest BCUT2D eigenvalue weighted by molar-refractivity contribution is -0.132. The van der Waals surface area contributed by atoms with Crippen molar-refractivity contribution >= 4 is 21.8 Å². The molecule has 1 heterocycles. The van der Waals surface area contributed by atoms with Crippen LogP contribution in [0.4, 0.5) is 0 Å². The Labute approximate surface area is 121 Å². The van der Waals surface area contributed by atoms with Gasteiger partial charge in [0.1, 0.15) is 11.9 Å². The van der Waals surface area contributed by atoms with Crippen LogP contribution in [0.25, 0.3) is 0 Å². The number of nitrogens with one attached hydrogen (secondary N) is 1. The second-order valence-electron chi connectivity index (χ2n) is 4.48. The maximum absolute atomic E-state index is 12.0. The summed E-state index contributed by atoms with van der Waals surface area (Å²) in [6.45, 7) is 4.79. The minimum atomic E-state index is -0.427. The van der Waals surface area contributed by atoms with Crippen molar-refractivity contribution in [3.63, 3.8) is 0 Å². The molecule has 1 amide bonds. The van der Waals surface area contributed by atoms with E-state index < -0.39 is 6.10 Å². The van der Waals surface area contributed by atoms with Gasteiger partial charge in [0.2, 0.25) is 5.91 Å². The summed E-state index contributed by atoms with van der Waals surface area (Å²) in [7, 11) is 0. The Hall–Kier alpha value is -1.07. The second-order valence-corrected chi connectivity index (χ2v) is 5.39. The molecular weight excluding hydrogens is 310 g/mol. The number of ether oxygens (including phenoxy) is 2. The molecule has 0 aliphatic carbocycles. The fourth-order valence-electron chi connectivity index (χ4n) is 2.13. The highest BCUT2D eigenvalue weighted by molar-refractivity contribution is 9.10. The molecule has 1 aliphatic rings. The number of rotatable bonds is 4. The Morgan fingerprint density at radius 3 is 3.16 bits per heavy atom. The Balaban J connectivity index is 2.11. The SMILES string of the molecule is CCO[C@@H](C)C(=O)N[C@H]1CCOc2ccc(Br)cc21. The number of carbonyl (C=O) groups excluding carboxylic acids is 1. The molecule has 2 rings (SSSR count). The van der Waals surface area contributed by atoms with E-state index in [9.17, 15) is 4.79 Å². The predicted molar refractivity (Wildman–Crippen MR) is 76.2 cm³/mol. The van der Waals surface area contributed by atoms with Crippen LogP contribution in [0, 0.1) is 0 Å². The molecule has 0 spiro atoms. The maximum Gasteiger partial charge on any atom is 0.249 e. The largest absolute Gasteiger partial charge is 0.493 e. The molecular formula is C14H18BrNO3. The van der Waals surface area contributed by atoms with Crippen molar-refractivity contribution in [1.29, 1.82) is 0 Å². The van der Waals surface area contributed by atoms with Gasteiger partial charge in [-0.05, 0) is 32.0 Å². The molecule has 5 heteroatoms. The van der Waals surface area contributed by atoms with Crippen molar-refractivity contribution in [3.05, 3.63) is 28.2 Å². The number of amides is 1. The van der Waals surface area contributed by atoms with E-state index in [4.69, 9.17) is 9.47 Å². The van der Waals surface area contributed by atoms with Crippen molar-refractivity contribution in [2.75, 3.05) is 13.2 Å². The van der Waals surface area contributed by atoms with Gasteiger partial charge in [-0.3, -0.25) is 4.79 Å². The summed E-state index contributed by atoms with van der Waals surface area (Å²) in [4.78, 5) is 12.0. The number of halogens is 1. The number of carbonyl (C=O) groups is 1. The van der Waals surface area contributed by atoms with Crippen LogP contribution in [0.2, 0.25) is 0 Å². The van der Waals surface area contributed by atoms with E-state index in [2.05, 4.69) is 21.2 Å². The third-order valence-electron chi connectivity index (χ3n) is 3.11. The van der Waals surface area contributed by atoms with Gasteiger partial charge < -0.3 is 14.8 Å². The van der Waals surface area contributed by atoms with E-state index in [1.165, 1.54) is 0 Å². The summed E-state index contributed by atoms with van der Waals surface area (Å²) in [5.41, 5.74) is 1.01. The molecule has 0 aromatic heterocycles. The van der Waals surface area contributed by atoms with E-state index in [1.807, 2.05) is 25.1 Å². The summed E-state index contributed by atoms with van der Waals surface area (Å²) in [6, 6.07) is 5.83. The molecule has 1 aliphatic heterocycles. The van der Waals surface area contributed by atoms with Gasteiger partial charge >= 0.3 is 0 Å². The summed E-state index contributed by atoms with van der Waals surface area (Å²) in [5, 5.41) is 3.02. The lowest BCUT2D eigenvalue weighted by Gasteiger charge is -2.27. The Kier molecular flexibility index (Phi) is 4.82. The van der Waals surface area contributed by atoms with E-state index >= 15 is 0 Å². The maximum atomic E-state index is 12.0. The topological polar surface area (TPSA) is 47.6 Å². The Morgan fingerprint density at radius 1 is 1.63 bits per heavy atom. The third kappa shape index (κ3) is 3.48. The highest BCUT2D eigenvalue weighted by Crippen LogP contribution is 2.34. The first-order valence-electron chi connectivity index (χ1n) is 6.46. The van der Waals surface area contributed by atoms with E-state index in [0.29, 0.717) is 13.2 Å². The molecule has 4 nitrogen and oxygen atoms in total. The molecule has 0 radical (unpaired) electrons. The molecule has 1 aromatic carbocycles. The molecule has 0 fully saturated rings. The van der Waals surface area contributed by atoms with E-state index in [1.54, 1.807) is 6.92 Å². The average Bonchev–Trinajstić information content (AvgIpc) is 2.39. The third-order valence-corrected chi connectivity index (χ3v) is 3.61. The van der Waals surface area contributed by atoms with E-state index in [0.717, 1.165) is 22.2 Å². The number of fused-ring (bicyclic) bond motifs is 1. The van der Waals surface area contributed by atoms with Crippen LogP contribution in [-0.2, 0) is 9.53 Å². The van der Waals surface area contributed by atoms with Crippen LogP contribution in [-0.4, -0.2) is 25.2 Å². The monoisotopic (exact) mass is 327 g/mol. The van der Waals surface area contributed by atoms with Crippen LogP contribution in [0.5, 0.6) is 5.75 Å². The first kappa shape index (κ1) is 14.3. The van der Waals surface area contributed by atoms with Gasteiger partial charge in [-0.25, -0.2) is 0 Å². The van der Waals surface area contributed by atoms with Crippen molar-refractivity contribution in [2.24, 2.45) is 0 Å². The average molecular weight is 328 g/mol. The quantitative estimate of drug-likeness (QED) is 0.925. The second kappa shape index (κ2) is 6.39. The Morgan fingerprint density at radius 2 is 2.42 bits per heavy atom. The van der Waals surface area contributed by atoms with Crippen molar-refractivity contribution in [2.45, 2.75) is 32.4 Å². The zero-order chi connectivity index (χ0) is 13.8. The van der Waals surface area contributed by atoms with Gasteiger partial charge in [-0.2, -0.15) is 0 Å².